The zero-order valence-electron chi connectivity index (χ0n) is 40.4. The van der Waals surface area contributed by atoms with Gasteiger partial charge in [-0.1, -0.05) is 29.0 Å². The molecule has 0 atom stereocenters. The van der Waals surface area contributed by atoms with Crippen molar-refractivity contribution in [1.29, 1.82) is 5.26 Å². The van der Waals surface area contributed by atoms with E-state index in [1.54, 1.807) is 6.92 Å². The highest BCUT2D eigenvalue weighted by atomic mass is 35.5. The van der Waals surface area contributed by atoms with Crippen molar-refractivity contribution in [3.63, 3.8) is 0 Å². The Hall–Kier alpha value is -6.72. The Bertz CT molecular complexity index is 4620. The van der Waals surface area contributed by atoms with E-state index in [9.17, 15) is 75.2 Å². The van der Waals surface area contributed by atoms with Crippen molar-refractivity contribution >= 4 is 157 Å². The van der Waals surface area contributed by atoms with Crippen LogP contribution in [0.3, 0.4) is 0 Å². The molecule has 0 fully saturated rings. The standard InChI is InChI=1S/C44H37ClN10O17S7/c1-21-14-32(51-53-38-22(2)27(20-46)42-47-29-8-9-36(78(66,67)68)23(3)40(29)55(42)43(38)56)34(72-10-4-12-75(57,58)59)18-30(21)49-52-33-17-28(45)31(19-35(33)73-11-5-13-76(60,61)62)50-54-44-48-39-37(79(69,70)71)15-24-6-7-25(77(63,64)65)16-26(24)41(39)74-44/h6-9,14-19,56H,4-5,10-13H2,1-3H3,(H,57,58,59)(H,60,61,62)(H,63,64,65)(H,66,67,68)(H,69,70,71). The third-order valence-electron chi connectivity index (χ3n) is 11.5. The first-order chi connectivity index (χ1) is 36.8. The van der Waals surface area contributed by atoms with Crippen LogP contribution in [0.25, 0.3) is 37.7 Å². The van der Waals surface area contributed by atoms with Crippen molar-refractivity contribution in [3.05, 3.63) is 87.9 Å². The zero-order chi connectivity index (χ0) is 57.7. The van der Waals surface area contributed by atoms with Gasteiger partial charge in [0.15, 0.2) is 11.3 Å². The van der Waals surface area contributed by atoms with Gasteiger partial charge in [-0.05, 0) is 104 Å². The van der Waals surface area contributed by atoms with Crippen LogP contribution in [0.15, 0.2) is 111 Å². The van der Waals surface area contributed by atoms with Crippen molar-refractivity contribution in [2.45, 2.75) is 53.2 Å². The molecule has 0 aliphatic heterocycles. The molecule has 0 amide bonds. The van der Waals surface area contributed by atoms with Gasteiger partial charge in [-0.2, -0.15) is 52.5 Å². The lowest BCUT2D eigenvalue weighted by atomic mass is 10.1. The normalized spacial score (nSPS) is 13.1. The number of thiazole rings is 1. The summed E-state index contributed by atoms with van der Waals surface area (Å²) in [5, 5.41) is 47.6. The minimum absolute atomic E-state index is 0.00808. The predicted molar refractivity (Wildman–Crippen MR) is 289 cm³/mol. The Balaban J connectivity index is 1.19. The number of aromatic nitrogens is 3. The largest absolute Gasteiger partial charge is 0.493 e. The molecular formula is C44H37ClN10O17S7. The molecule has 3 aromatic heterocycles. The number of hydrogen-bond acceptors (Lipinski definition) is 23. The van der Waals surface area contributed by atoms with E-state index in [2.05, 4.69) is 40.7 Å². The second kappa shape index (κ2) is 22.1. The van der Waals surface area contributed by atoms with Crippen molar-refractivity contribution in [2.24, 2.45) is 30.7 Å². The highest BCUT2D eigenvalue weighted by molar-refractivity contribution is 7.99. The summed E-state index contributed by atoms with van der Waals surface area (Å²) in [7, 11) is -23.1. The summed E-state index contributed by atoms with van der Waals surface area (Å²) < 4.78 is 175. The van der Waals surface area contributed by atoms with E-state index in [1.165, 1.54) is 50.2 Å². The van der Waals surface area contributed by atoms with Crippen LogP contribution in [0.5, 0.6) is 11.6 Å². The Morgan fingerprint density at radius 3 is 2.03 bits per heavy atom. The van der Waals surface area contributed by atoms with Crippen LogP contribution in [0, 0.1) is 32.1 Å². The van der Waals surface area contributed by atoms with E-state index in [0.29, 0.717) is 5.56 Å². The molecule has 35 heteroatoms. The molecule has 0 saturated heterocycles. The number of rotatable bonds is 19. The van der Waals surface area contributed by atoms with Gasteiger partial charge in [-0.3, -0.25) is 27.2 Å². The lowest BCUT2D eigenvalue weighted by molar-refractivity contribution is 0.317. The van der Waals surface area contributed by atoms with E-state index in [1.807, 2.05) is 6.07 Å². The minimum atomic E-state index is -4.90. The number of aromatic hydroxyl groups is 1. The molecule has 6 N–H and O–H groups in total. The van der Waals surface area contributed by atoms with Gasteiger partial charge < -0.3 is 9.84 Å². The topological polar surface area (TPSA) is 429 Å². The SMILES string of the molecule is Cc1cc(N=Nc2c(C)c(C#N)c3nc4ccc(S(=O)(=O)O)c(C)c4n3c2O)c(OCCCS(=O)(=O)O)cc1N=Nc1cc(Cl)c(N=Nc2nc3c(S(=O)(=O)O)cc4ccc(S(=O)(=O)O)cc4c3s2)cc1SCCCS(=O)(=O)O. The first-order valence-electron chi connectivity index (χ1n) is 22.1. The number of nitriles is 1. The van der Waals surface area contributed by atoms with Crippen LogP contribution in [0.1, 0.15) is 35.1 Å². The Kier molecular flexibility index (Phi) is 16.3. The number of aryl methyl sites for hydroxylation is 2. The van der Waals surface area contributed by atoms with E-state index >= 15 is 0 Å². The molecule has 0 saturated carbocycles. The third kappa shape index (κ3) is 13.0. The number of halogens is 1. The number of thioether (sulfide) groups is 1. The fourth-order valence-corrected chi connectivity index (χ4v) is 13.0. The highest BCUT2D eigenvalue weighted by Crippen LogP contribution is 2.45. The molecule has 8 rings (SSSR count). The summed E-state index contributed by atoms with van der Waals surface area (Å²) in [4.78, 5) is 7.29. The quantitative estimate of drug-likeness (QED) is 0.0190. The number of benzene rings is 5. The van der Waals surface area contributed by atoms with E-state index in [4.69, 9.17) is 16.3 Å². The van der Waals surface area contributed by atoms with E-state index in [0.717, 1.165) is 51.8 Å². The van der Waals surface area contributed by atoms with Gasteiger partial charge in [0.1, 0.15) is 44.9 Å². The number of imidazole rings is 1. The number of ether oxygens (including phenoxy) is 1. The van der Waals surface area contributed by atoms with Gasteiger partial charge in [0.25, 0.3) is 50.6 Å². The van der Waals surface area contributed by atoms with Gasteiger partial charge in [0.05, 0.1) is 54.3 Å². The Morgan fingerprint density at radius 1 is 0.709 bits per heavy atom. The van der Waals surface area contributed by atoms with Crippen LogP contribution < -0.4 is 4.74 Å². The predicted octanol–water partition coefficient (Wildman–Crippen LogP) is 10.4. The van der Waals surface area contributed by atoms with E-state index in [-0.39, 0.29) is 129 Å². The molecule has 0 aliphatic carbocycles. The minimum Gasteiger partial charge on any atom is -0.493 e. The van der Waals surface area contributed by atoms with Crippen LogP contribution in [0.4, 0.5) is 33.6 Å². The van der Waals surface area contributed by atoms with Gasteiger partial charge in [0.2, 0.25) is 11.0 Å². The summed E-state index contributed by atoms with van der Waals surface area (Å²) in [5.74, 6) is -1.91. The molecule has 0 bridgehead atoms. The second-order valence-corrected chi connectivity index (χ2v) is 26.8. The van der Waals surface area contributed by atoms with Crippen molar-refractivity contribution in [1.82, 2.24) is 14.4 Å². The number of nitrogens with zero attached hydrogens (tertiary/aromatic N) is 10. The molecule has 0 aliphatic rings. The molecular weight excluding hydrogens is 1200 g/mol. The summed E-state index contributed by atoms with van der Waals surface area (Å²) in [5.41, 5.74) is 0.0963. The molecule has 27 nitrogen and oxygen atoms in total. The molecule has 8 aromatic rings. The summed E-state index contributed by atoms with van der Waals surface area (Å²) in [6.07, 6.45) is -0.251. The number of azo groups is 3. The average molecular weight is 1240 g/mol. The maximum atomic E-state index is 12.4. The van der Waals surface area contributed by atoms with Crippen LogP contribution in [-0.4, -0.2) is 108 Å². The molecule has 3 heterocycles. The van der Waals surface area contributed by atoms with Crippen LogP contribution in [0.2, 0.25) is 5.02 Å². The molecule has 0 unspecified atom stereocenters. The first kappa shape index (κ1) is 58.4. The van der Waals surface area contributed by atoms with Gasteiger partial charge in [0, 0.05) is 21.9 Å². The zero-order valence-corrected chi connectivity index (χ0v) is 46.9. The van der Waals surface area contributed by atoms with Crippen LogP contribution >= 0.6 is 34.7 Å². The smallest absolute Gasteiger partial charge is 0.296 e. The van der Waals surface area contributed by atoms with Crippen molar-refractivity contribution in [2.75, 3.05) is 23.9 Å². The van der Waals surface area contributed by atoms with E-state index < -0.39 is 82.7 Å². The summed E-state index contributed by atoms with van der Waals surface area (Å²) in [6, 6.07) is 14.3. The second-order valence-electron chi connectivity index (χ2n) is 16.9. The summed E-state index contributed by atoms with van der Waals surface area (Å²) >= 11 is 8.50. The van der Waals surface area contributed by atoms with Crippen molar-refractivity contribution < 1.29 is 74.7 Å². The lowest BCUT2D eigenvalue weighted by Gasteiger charge is -2.12. The fraction of sp³-hybridized carbons (Fsp3) is 0.205. The maximum Gasteiger partial charge on any atom is 0.296 e. The van der Waals surface area contributed by atoms with Gasteiger partial charge in [-0.25, -0.2) is 9.97 Å². The summed E-state index contributed by atoms with van der Waals surface area (Å²) in [6.45, 7) is 4.09. The highest BCUT2D eigenvalue weighted by Gasteiger charge is 2.26. The number of hydrogen-bond donors (Lipinski definition) is 6. The monoisotopic (exact) mass is 1240 g/mol. The molecule has 79 heavy (non-hydrogen) atoms. The maximum absolute atomic E-state index is 12.4. The molecule has 0 radical (unpaired) electrons. The molecule has 5 aromatic carbocycles. The van der Waals surface area contributed by atoms with Gasteiger partial charge in [-0.15, -0.1) is 37.3 Å². The van der Waals surface area contributed by atoms with Crippen LogP contribution in [-0.2, 0) is 50.6 Å². The number of fused-ring (bicyclic) bond motifs is 6. The third-order valence-corrected chi connectivity index (χ3v) is 18.2. The van der Waals surface area contributed by atoms with Gasteiger partial charge >= 0.3 is 0 Å². The molecule has 414 valence electrons. The Labute approximate surface area is 461 Å². The lowest BCUT2D eigenvalue weighted by Crippen LogP contribution is -2.08. The van der Waals surface area contributed by atoms with Crippen molar-refractivity contribution in [3.8, 4) is 17.7 Å². The Morgan fingerprint density at radius 2 is 1.37 bits per heavy atom. The number of pyridine rings is 1. The molecule has 0 spiro atoms. The first-order valence-corrected chi connectivity index (χ1v) is 31.8. The fourth-order valence-electron chi connectivity index (χ4n) is 7.82. The average Bonchev–Trinajstić information content (AvgIpc) is 3.85.